The van der Waals surface area contributed by atoms with Crippen molar-refractivity contribution in [2.24, 2.45) is 0 Å². The van der Waals surface area contributed by atoms with E-state index in [1.807, 2.05) is 53.9 Å². The number of halogens is 1. The Morgan fingerprint density at radius 2 is 2.00 bits per heavy atom. The molecule has 3 rings (SSSR count). The van der Waals surface area contributed by atoms with Crippen LogP contribution in [0.3, 0.4) is 0 Å². The summed E-state index contributed by atoms with van der Waals surface area (Å²) in [7, 11) is 0. The number of para-hydroxylation sites is 1. The second kappa shape index (κ2) is 4.92. The standard InChI is InChI=1S/C15H10ClNS/c16-13(9-11-7-8-18-10-11)15-6-5-12-3-1-2-4-14(12)17-15/h1-10H/b13-9-. The fourth-order valence-corrected chi connectivity index (χ4v) is 2.63. The van der Waals surface area contributed by atoms with Crippen LogP contribution in [0.15, 0.2) is 53.2 Å². The first-order valence-corrected chi connectivity index (χ1v) is 6.90. The molecule has 0 bridgehead atoms. The minimum Gasteiger partial charge on any atom is -0.247 e. The number of nitrogens with zero attached hydrogens (tertiary/aromatic N) is 1. The monoisotopic (exact) mass is 271 g/mol. The number of hydrogen-bond acceptors (Lipinski definition) is 2. The van der Waals surface area contributed by atoms with E-state index in [0.29, 0.717) is 5.03 Å². The van der Waals surface area contributed by atoms with Crippen LogP contribution in [-0.2, 0) is 0 Å². The van der Waals surface area contributed by atoms with E-state index in [4.69, 9.17) is 11.6 Å². The van der Waals surface area contributed by atoms with Gasteiger partial charge in [0.15, 0.2) is 0 Å². The van der Waals surface area contributed by atoms with Crippen LogP contribution < -0.4 is 0 Å². The first-order valence-electron chi connectivity index (χ1n) is 5.58. The molecule has 0 fully saturated rings. The molecule has 0 saturated heterocycles. The molecule has 2 aromatic heterocycles. The molecule has 0 spiro atoms. The Morgan fingerprint density at radius 3 is 2.83 bits per heavy atom. The molecule has 0 aliphatic carbocycles. The highest BCUT2D eigenvalue weighted by Gasteiger charge is 2.02. The van der Waals surface area contributed by atoms with Crippen LogP contribution >= 0.6 is 22.9 Å². The van der Waals surface area contributed by atoms with Crippen LogP contribution in [0.4, 0.5) is 0 Å². The van der Waals surface area contributed by atoms with Crippen LogP contribution in [0, 0.1) is 0 Å². The number of aromatic nitrogens is 1. The quantitative estimate of drug-likeness (QED) is 0.637. The molecule has 1 nitrogen and oxygen atoms in total. The molecule has 3 heteroatoms. The van der Waals surface area contributed by atoms with Crippen molar-refractivity contribution in [3.8, 4) is 0 Å². The first kappa shape index (κ1) is 11.5. The maximum Gasteiger partial charge on any atom is 0.0823 e. The lowest BCUT2D eigenvalue weighted by atomic mass is 10.2. The van der Waals surface area contributed by atoms with E-state index in [9.17, 15) is 0 Å². The van der Waals surface area contributed by atoms with Gasteiger partial charge in [-0.25, -0.2) is 4.98 Å². The van der Waals surface area contributed by atoms with Gasteiger partial charge in [0.1, 0.15) is 0 Å². The molecular weight excluding hydrogens is 262 g/mol. The molecule has 2 heterocycles. The number of hydrogen-bond donors (Lipinski definition) is 0. The molecule has 0 atom stereocenters. The van der Waals surface area contributed by atoms with E-state index in [1.54, 1.807) is 11.3 Å². The molecule has 0 amide bonds. The van der Waals surface area contributed by atoms with E-state index in [-0.39, 0.29) is 0 Å². The van der Waals surface area contributed by atoms with Crippen molar-refractivity contribution in [1.29, 1.82) is 0 Å². The predicted octanol–water partition coefficient (Wildman–Crippen LogP) is 5.03. The largest absolute Gasteiger partial charge is 0.247 e. The molecular formula is C15H10ClNS. The van der Waals surface area contributed by atoms with Crippen LogP contribution in [0.1, 0.15) is 11.3 Å². The van der Waals surface area contributed by atoms with Crippen LogP contribution in [0.2, 0.25) is 0 Å². The van der Waals surface area contributed by atoms with Crippen molar-refractivity contribution in [1.82, 2.24) is 4.98 Å². The molecule has 0 radical (unpaired) electrons. The smallest absolute Gasteiger partial charge is 0.0823 e. The third-order valence-corrected chi connectivity index (χ3v) is 3.68. The van der Waals surface area contributed by atoms with Crippen molar-refractivity contribution in [2.45, 2.75) is 0 Å². The zero-order chi connectivity index (χ0) is 12.4. The average Bonchev–Trinajstić information content (AvgIpc) is 2.91. The Morgan fingerprint density at radius 1 is 1.11 bits per heavy atom. The summed E-state index contributed by atoms with van der Waals surface area (Å²) in [6, 6.07) is 14.1. The predicted molar refractivity (Wildman–Crippen MR) is 79.8 cm³/mol. The van der Waals surface area contributed by atoms with Gasteiger partial charge in [-0.2, -0.15) is 11.3 Å². The summed E-state index contributed by atoms with van der Waals surface area (Å²) in [5.41, 5.74) is 2.88. The molecule has 3 aromatic rings. The van der Waals surface area contributed by atoms with E-state index >= 15 is 0 Å². The molecule has 88 valence electrons. The molecule has 0 aliphatic rings. The van der Waals surface area contributed by atoms with Gasteiger partial charge < -0.3 is 0 Å². The number of rotatable bonds is 2. The maximum atomic E-state index is 6.30. The fraction of sp³-hybridized carbons (Fsp3) is 0. The zero-order valence-electron chi connectivity index (χ0n) is 9.51. The van der Waals surface area contributed by atoms with E-state index in [1.165, 1.54) is 0 Å². The van der Waals surface area contributed by atoms with Crippen molar-refractivity contribution in [3.05, 3.63) is 64.5 Å². The van der Waals surface area contributed by atoms with Crippen LogP contribution in [-0.4, -0.2) is 4.98 Å². The number of fused-ring (bicyclic) bond motifs is 1. The van der Waals surface area contributed by atoms with E-state index < -0.39 is 0 Å². The second-order valence-corrected chi connectivity index (χ2v) is 5.13. The number of benzene rings is 1. The highest BCUT2D eigenvalue weighted by atomic mass is 35.5. The number of thiophene rings is 1. The molecule has 0 unspecified atom stereocenters. The van der Waals surface area contributed by atoms with Gasteiger partial charge in [0.2, 0.25) is 0 Å². The van der Waals surface area contributed by atoms with E-state index in [2.05, 4.69) is 10.4 Å². The van der Waals surface area contributed by atoms with Crippen molar-refractivity contribution in [3.63, 3.8) is 0 Å². The van der Waals surface area contributed by atoms with Crippen molar-refractivity contribution in [2.75, 3.05) is 0 Å². The minimum absolute atomic E-state index is 0.666. The summed E-state index contributed by atoms with van der Waals surface area (Å²) in [4.78, 5) is 4.56. The summed E-state index contributed by atoms with van der Waals surface area (Å²) in [5, 5.41) is 5.88. The Balaban J connectivity index is 2.04. The summed E-state index contributed by atoms with van der Waals surface area (Å²) in [6.07, 6.45) is 1.94. The summed E-state index contributed by atoms with van der Waals surface area (Å²) in [5.74, 6) is 0. The summed E-state index contributed by atoms with van der Waals surface area (Å²) < 4.78 is 0. The van der Waals surface area contributed by atoms with Gasteiger partial charge in [0.25, 0.3) is 0 Å². The van der Waals surface area contributed by atoms with Gasteiger partial charge in [-0.1, -0.05) is 35.9 Å². The second-order valence-electron chi connectivity index (χ2n) is 3.94. The van der Waals surface area contributed by atoms with Gasteiger partial charge in [-0.3, -0.25) is 0 Å². The Hall–Kier alpha value is -1.64. The normalized spacial score (nSPS) is 11.9. The van der Waals surface area contributed by atoms with Crippen molar-refractivity contribution < 1.29 is 0 Å². The first-order chi connectivity index (χ1) is 8.83. The third-order valence-electron chi connectivity index (χ3n) is 2.68. The highest BCUT2D eigenvalue weighted by molar-refractivity contribution is 7.08. The van der Waals surface area contributed by atoms with Gasteiger partial charge in [0.05, 0.1) is 16.2 Å². The van der Waals surface area contributed by atoms with Gasteiger partial charge in [0, 0.05) is 5.39 Å². The molecule has 0 aliphatic heterocycles. The summed E-state index contributed by atoms with van der Waals surface area (Å²) >= 11 is 7.96. The Labute approximate surface area is 114 Å². The Bertz CT molecular complexity index is 701. The lowest BCUT2D eigenvalue weighted by molar-refractivity contribution is 1.37. The van der Waals surface area contributed by atoms with Crippen LogP contribution in [0.5, 0.6) is 0 Å². The summed E-state index contributed by atoms with van der Waals surface area (Å²) in [6.45, 7) is 0. The lowest BCUT2D eigenvalue weighted by Gasteiger charge is -2.01. The van der Waals surface area contributed by atoms with Gasteiger partial charge in [-0.15, -0.1) is 0 Å². The molecule has 0 saturated carbocycles. The molecule has 18 heavy (non-hydrogen) atoms. The van der Waals surface area contributed by atoms with E-state index in [0.717, 1.165) is 22.2 Å². The highest BCUT2D eigenvalue weighted by Crippen LogP contribution is 2.23. The molecule has 1 aromatic carbocycles. The topological polar surface area (TPSA) is 12.9 Å². The fourth-order valence-electron chi connectivity index (χ4n) is 1.78. The Kier molecular flexibility index (Phi) is 3.13. The minimum atomic E-state index is 0.666. The lowest BCUT2D eigenvalue weighted by Crippen LogP contribution is -1.85. The third kappa shape index (κ3) is 2.30. The molecule has 0 N–H and O–H groups in total. The number of pyridine rings is 1. The SMILES string of the molecule is Cl/C(=C\c1ccsc1)c1ccc2ccccc2n1. The zero-order valence-corrected chi connectivity index (χ0v) is 11.1. The van der Waals surface area contributed by atoms with Gasteiger partial charge in [-0.05, 0) is 40.6 Å². The maximum absolute atomic E-state index is 6.30. The van der Waals surface area contributed by atoms with Crippen LogP contribution in [0.25, 0.3) is 22.0 Å². The van der Waals surface area contributed by atoms with Gasteiger partial charge >= 0.3 is 0 Å². The average molecular weight is 272 g/mol. The van der Waals surface area contributed by atoms with Crippen molar-refractivity contribution >= 4 is 44.9 Å².